The molecule has 156 valence electrons. The molecule has 29 heavy (non-hydrogen) atoms. The normalized spacial score (nSPS) is 18.5. The molecular formula is C21H28N4O4. The van der Waals surface area contributed by atoms with Crippen molar-refractivity contribution >= 4 is 23.6 Å². The highest BCUT2D eigenvalue weighted by atomic mass is 16.4. The number of nitrogen functional groups attached to an aromatic ring is 1. The quantitative estimate of drug-likeness (QED) is 0.512. The third kappa shape index (κ3) is 4.93. The Kier molecular flexibility index (Phi) is 6.20. The number of nitrogens with zero attached hydrogens (tertiary/aromatic N) is 2. The van der Waals surface area contributed by atoms with Gasteiger partial charge in [-0.25, -0.2) is 0 Å². The molecule has 2 saturated heterocycles. The number of carbonyl (C=O) groups is 3. The second kappa shape index (κ2) is 8.63. The van der Waals surface area contributed by atoms with Crippen LogP contribution in [0.3, 0.4) is 0 Å². The smallest absolute Gasteiger partial charge is 0.303 e. The molecule has 8 heteroatoms. The molecule has 2 aliphatic rings. The van der Waals surface area contributed by atoms with Gasteiger partial charge in [0, 0.05) is 43.7 Å². The first kappa shape index (κ1) is 20.8. The van der Waals surface area contributed by atoms with Crippen molar-refractivity contribution < 1.29 is 19.5 Å². The average Bonchev–Trinajstić information content (AvgIpc) is 2.72. The highest BCUT2D eigenvalue weighted by Crippen LogP contribution is 2.41. The standard InChI is InChI=1S/C21H28N4O4/c22-19(23)15-1-3-16(4-2-15)20(29)25-13-9-21(10-14-25)7-11-24(12-8-21)17(26)5-6-18(27)28/h1-4H,5-14H2,(H3,22,23)(H,27,28). The van der Waals surface area contributed by atoms with Crippen LogP contribution in [0.25, 0.3) is 0 Å². The topological polar surface area (TPSA) is 128 Å². The zero-order valence-electron chi connectivity index (χ0n) is 16.5. The maximum absolute atomic E-state index is 12.8. The molecule has 0 bridgehead atoms. The molecule has 0 aromatic heterocycles. The lowest BCUT2D eigenvalue weighted by Crippen LogP contribution is -2.49. The van der Waals surface area contributed by atoms with Crippen LogP contribution in [0.5, 0.6) is 0 Å². The van der Waals surface area contributed by atoms with Crippen LogP contribution in [0.2, 0.25) is 0 Å². The summed E-state index contributed by atoms with van der Waals surface area (Å²) in [5.74, 6) is -1.04. The summed E-state index contributed by atoms with van der Waals surface area (Å²) in [5.41, 5.74) is 6.83. The van der Waals surface area contributed by atoms with Crippen molar-refractivity contribution in [1.82, 2.24) is 9.80 Å². The van der Waals surface area contributed by atoms with Crippen LogP contribution in [-0.4, -0.2) is 64.7 Å². The van der Waals surface area contributed by atoms with Crippen LogP contribution >= 0.6 is 0 Å². The van der Waals surface area contributed by atoms with Gasteiger partial charge in [0.2, 0.25) is 5.91 Å². The second-order valence-corrected chi connectivity index (χ2v) is 8.06. The third-order valence-corrected chi connectivity index (χ3v) is 6.28. The lowest BCUT2D eigenvalue weighted by molar-refractivity contribution is -0.141. The number of rotatable bonds is 5. The van der Waals surface area contributed by atoms with Gasteiger partial charge in [-0.05, 0) is 43.2 Å². The fourth-order valence-electron chi connectivity index (χ4n) is 4.26. The van der Waals surface area contributed by atoms with E-state index in [9.17, 15) is 14.4 Å². The number of benzene rings is 1. The zero-order valence-corrected chi connectivity index (χ0v) is 16.5. The Bertz CT molecular complexity index is 787. The number of carboxylic acids is 1. The van der Waals surface area contributed by atoms with E-state index in [4.69, 9.17) is 16.2 Å². The van der Waals surface area contributed by atoms with Gasteiger partial charge in [0.1, 0.15) is 5.84 Å². The minimum Gasteiger partial charge on any atom is -0.481 e. The number of aliphatic carboxylic acids is 1. The Hall–Kier alpha value is -2.90. The molecule has 0 saturated carbocycles. The number of carboxylic acid groups (broad SMARTS) is 1. The first-order valence-corrected chi connectivity index (χ1v) is 10.0. The minimum absolute atomic E-state index is 0.00348. The Balaban J connectivity index is 1.50. The highest BCUT2D eigenvalue weighted by molar-refractivity contribution is 5.98. The van der Waals surface area contributed by atoms with Crippen LogP contribution in [0.1, 0.15) is 54.4 Å². The minimum atomic E-state index is -0.945. The Labute approximate surface area is 170 Å². The van der Waals surface area contributed by atoms with Crippen LogP contribution in [0.15, 0.2) is 24.3 Å². The molecule has 1 aromatic rings. The summed E-state index contributed by atoms with van der Waals surface area (Å²) in [6.45, 7) is 2.72. The molecule has 0 radical (unpaired) electrons. The van der Waals surface area contributed by atoms with E-state index in [1.165, 1.54) is 0 Å². The number of carbonyl (C=O) groups excluding carboxylic acids is 2. The average molecular weight is 400 g/mol. The maximum Gasteiger partial charge on any atom is 0.303 e. The van der Waals surface area contributed by atoms with Gasteiger partial charge in [-0.3, -0.25) is 19.8 Å². The Morgan fingerprint density at radius 2 is 1.38 bits per heavy atom. The van der Waals surface area contributed by atoms with Gasteiger partial charge in [-0.1, -0.05) is 12.1 Å². The number of nitrogens with one attached hydrogen (secondary N) is 1. The SMILES string of the molecule is N=C(N)c1ccc(C(=O)N2CCC3(CCN(C(=O)CCC(=O)O)CC3)CC2)cc1. The largest absolute Gasteiger partial charge is 0.481 e. The number of piperidine rings is 2. The Morgan fingerprint density at radius 3 is 1.86 bits per heavy atom. The van der Waals surface area contributed by atoms with Crippen LogP contribution in [0.4, 0.5) is 0 Å². The van der Waals surface area contributed by atoms with Crippen molar-refractivity contribution in [1.29, 1.82) is 5.41 Å². The summed E-state index contributed by atoms with van der Waals surface area (Å²) >= 11 is 0. The molecule has 1 spiro atoms. The van der Waals surface area contributed by atoms with Crippen LogP contribution in [-0.2, 0) is 9.59 Å². The van der Waals surface area contributed by atoms with E-state index >= 15 is 0 Å². The van der Waals surface area contributed by atoms with Gasteiger partial charge in [0.25, 0.3) is 5.91 Å². The van der Waals surface area contributed by atoms with E-state index in [2.05, 4.69) is 0 Å². The van der Waals surface area contributed by atoms with Gasteiger partial charge >= 0.3 is 5.97 Å². The summed E-state index contributed by atoms with van der Waals surface area (Å²) in [5, 5.41) is 16.2. The Morgan fingerprint density at radius 1 is 0.897 bits per heavy atom. The zero-order chi connectivity index (χ0) is 21.0. The van der Waals surface area contributed by atoms with Crippen LogP contribution in [0, 0.1) is 10.8 Å². The first-order valence-electron chi connectivity index (χ1n) is 10.0. The number of amides is 2. The predicted octanol–water partition coefficient (Wildman–Crippen LogP) is 1.68. The molecule has 1 aromatic carbocycles. The monoisotopic (exact) mass is 400 g/mol. The second-order valence-electron chi connectivity index (χ2n) is 8.06. The summed E-state index contributed by atoms with van der Waals surface area (Å²) in [7, 11) is 0. The van der Waals surface area contributed by atoms with E-state index in [0.29, 0.717) is 37.3 Å². The molecule has 8 nitrogen and oxygen atoms in total. The fourth-order valence-corrected chi connectivity index (χ4v) is 4.26. The van der Waals surface area contributed by atoms with E-state index in [1.54, 1.807) is 29.2 Å². The van der Waals surface area contributed by atoms with Gasteiger partial charge in [0.05, 0.1) is 6.42 Å². The summed E-state index contributed by atoms with van der Waals surface area (Å²) in [4.78, 5) is 39.2. The van der Waals surface area contributed by atoms with Gasteiger partial charge in [-0.2, -0.15) is 0 Å². The summed E-state index contributed by atoms with van der Waals surface area (Å²) < 4.78 is 0. The highest BCUT2D eigenvalue weighted by Gasteiger charge is 2.39. The van der Waals surface area contributed by atoms with E-state index in [1.807, 2.05) is 4.90 Å². The van der Waals surface area contributed by atoms with E-state index in [-0.39, 0.29) is 35.9 Å². The number of hydrogen-bond donors (Lipinski definition) is 3. The van der Waals surface area contributed by atoms with E-state index in [0.717, 1.165) is 25.7 Å². The molecule has 3 rings (SSSR count). The van der Waals surface area contributed by atoms with Crippen molar-refractivity contribution in [3.05, 3.63) is 35.4 Å². The van der Waals surface area contributed by atoms with E-state index < -0.39 is 5.97 Å². The molecule has 4 N–H and O–H groups in total. The molecule has 2 fully saturated rings. The molecule has 2 aliphatic heterocycles. The van der Waals surface area contributed by atoms with Crippen molar-refractivity contribution in [2.24, 2.45) is 11.1 Å². The molecule has 2 amide bonds. The maximum atomic E-state index is 12.8. The van der Waals surface area contributed by atoms with Crippen molar-refractivity contribution in [2.45, 2.75) is 38.5 Å². The molecule has 0 aliphatic carbocycles. The molecule has 2 heterocycles. The molecular weight excluding hydrogens is 372 g/mol. The molecule has 0 atom stereocenters. The van der Waals surface area contributed by atoms with Crippen molar-refractivity contribution in [3.8, 4) is 0 Å². The van der Waals surface area contributed by atoms with Crippen LogP contribution < -0.4 is 5.73 Å². The van der Waals surface area contributed by atoms with Gasteiger partial charge in [0.15, 0.2) is 0 Å². The first-order chi connectivity index (χ1) is 13.8. The molecule has 0 unspecified atom stereocenters. The third-order valence-electron chi connectivity index (χ3n) is 6.28. The summed E-state index contributed by atoms with van der Waals surface area (Å²) in [6, 6.07) is 6.81. The lowest BCUT2D eigenvalue weighted by atomic mass is 9.71. The van der Waals surface area contributed by atoms with Gasteiger partial charge in [-0.15, -0.1) is 0 Å². The number of likely N-dealkylation sites (tertiary alicyclic amines) is 2. The van der Waals surface area contributed by atoms with Gasteiger partial charge < -0.3 is 20.6 Å². The number of hydrogen-bond acceptors (Lipinski definition) is 4. The summed E-state index contributed by atoms with van der Waals surface area (Å²) in [6.07, 6.45) is 3.59. The number of amidine groups is 1. The van der Waals surface area contributed by atoms with Crippen molar-refractivity contribution in [3.63, 3.8) is 0 Å². The fraction of sp³-hybridized carbons (Fsp3) is 0.524. The van der Waals surface area contributed by atoms with Crippen molar-refractivity contribution in [2.75, 3.05) is 26.2 Å². The predicted molar refractivity (Wildman–Crippen MR) is 108 cm³/mol. The lowest BCUT2D eigenvalue weighted by Gasteiger charge is -2.47. The number of nitrogens with two attached hydrogens (primary N) is 1.